The molecule has 2 rings (SSSR count). The maximum Gasteiger partial charge on any atom is 0.214 e. The van der Waals surface area contributed by atoms with Gasteiger partial charge in [0.1, 0.15) is 22.4 Å². The zero-order valence-corrected chi connectivity index (χ0v) is 13.7. The Labute approximate surface area is 133 Å². The highest BCUT2D eigenvalue weighted by Gasteiger charge is 2.22. The predicted molar refractivity (Wildman–Crippen MR) is 81.4 cm³/mol. The van der Waals surface area contributed by atoms with Gasteiger partial charge in [0.25, 0.3) is 0 Å². The SMILES string of the molecule is CC.O=C(c1cc(F)ccc1O)c1[nH]c(Cl)c(Cl)c1Br. The number of hydrogen-bond donors (Lipinski definition) is 2. The van der Waals surface area contributed by atoms with Crippen molar-refractivity contribution in [2.45, 2.75) is 13.8 Å². The summed E-state index contributed by atoms with van der Waals surface area (Å²) in [6.07, 6.45) is 0. The molecule has 0 bridgehead atoms. The van der Waals surface area contributed by atoms with Crippen molar-refractivity contribution in [1.82, 2.24) is 4.98 Å². The molecule has 0 aliphatic heterocycles. The monoisotopic (exact) mass is 381 g/mol. The van der Waals surface area contributed by atoms with E-state index in [2.05, 4.69) is 20.9 Å². The Bertz CT molecular complexity index is 644. The van der Waals surface area contributed by atoms with Gasteiger partial charge in [0.15, 0.2) is 0 Å². The van der Waals surface area contributed by atoms with Crippen LogP contribution in [0.1, 0.15) is 29.9 Å². The number of halogens is 4. The molecule has 0 unspecified atom stereocenters. The first-order valence-electron chi connectivity index (χ1n) is 5.67. The number of aromatic hydroxyl groups is 1. The summed E-state index contributed by atoms with van der Waals surface area (Å²) < 4.78 is 13.3. The van der Waals surface area contributed by atoms with Crippen molar-refractivity contribution in [3.8, 4) is 5.75 Å². The molecule has 1 aromatic heterocycles. The molecule has 2 N–H and O–H groups in total. The van der Waals surface area contributed by atoms with Crippen molar-refractivity contribution in [2.75, 3.05) is 0 Å². The highest BCUT2D eigenvalue weighted by atomic mass is 79.9. The number of phenolic OH excluding ortho intramolecular Hbond substituents is 1. The van der Waals surface area contributed by atoms with Gasteiger partial charge in [-0.2, -0.15) is 0 Å². The van der Waals surface area contributed by atoms with Crippen LogP contribution >= 0.6 is 39.1 Å². The number of carbonyl (C=O) groups is 1. The number of aromatic nitrogens is 1. The van der Waals surface area contributed by atoms with Gasteiger partial charge in [-0.1, -0.05) is 37.0 Å². The van der Waals surface area contributed by atoms with Crippen LogP contribution in [0.25, 0.3) is 0 Å². The molecule has 0 radical (unpaired) electrons. The molecule has 0 aliphatic rings. The van der Waals surface area contributed by atoms with Crippen molar-refractivity contribution >= 4 is 44.9 Å². The third-order valence-corrected chi connectivity index (χ3v) is 4.05. The van der Waals surface area contributed by atoms with Crippen molar-refractivity contribution in [2.24, 2.45) is 0 Å². The summed E-state index contributed by atoms with van der Waals surface area (Å²) in [5, 5.41) is 9.79. The lowest BCUT2D eigenvalue weighted by molar-refractivity contribution is 0.103. The first-order valence-corrected chi connectivity index (χ1v) is 7.22. The topological polar surface area (TPSA) is 53.1 Å². The van der Waals surface area contributed by atoms with Gasteiger partial charge in [-0.15, -0.1) is 0 Å². The Balaban J connectivity index is 0.000000956. The molecule has 1 heterocycles. The summed E-state index contributed by atoms with van der Waals surface area (Å²) in [5.74, 6) is -1.57. The number of H-pyrrole nitrogens is 1. The minimum Gasteiger partial charge on any atom is -0.507 e. The van der Waals surface area contributed by atoms with E-state index in [-0.39, 0.29) is 31.7 Å². The quantitative estimate of drug-likeness (QED) is 0.702. The molecular weight excluding hydrogens is 372 g/mol. The number of nitrogens with one attached hydrogen (secondary N) is 1. The smallest absolute Gasteiger partial charge is 0.214 e. The third-order valence-electron chi connectivity index (χ3n) is 2.27. The Morgan fingerprint density at radius 1 is 1.35 bits per heavy atom. The zero-order valence-electron chi connectivity index (χ0n) is 10.6. The number of aromatic amines is 1. The minimum absolute atomic E-state index is 0.0471. The first kappa shape index (κ1) is 17.0. The van der Waals surface area contributed by atoms with Crippen LogP contribution < -0.4 is 0 Å². The van der Waals surface area contributed by atoms with Crippen molar-refractivity contribution in [1.29, 1.82) is 0 Å². The fourth-order valence-electron chi connectivity index (χ4n) is 1.41. The highest BCUT2D eigenvalue weighted by Crippen LogP contribution is 2.35. The molecule has 0 amide bonds. The van der Waals surface area contributed by atoms with Crippen LogP contribution in [0.3, 0.4) is 0 Å². The van der Waals surface area contributed by atoms with Crippen LogP contribution in [0.5, 0.6) is 5.75 Å². The van der Waals surface area contributed by atoms with E-state index in [0.717, 1.165) is 18.2 Å². The van der Waals surface area contributed by atoms with Gasteiger partial charge in [-0.3, -0.25) is 4.79 Å². The molecule has 1 aromatic carbocycles. The Kier molecular flexibility index (Phi) is 6.05. The summed E-state index contributed by atoms with van der Waals surface area (Å²) in [4.78, 5) is 14.7. The molecule has 0 atom stereocenters. The number of phenols is 1. The maximum atomic E-state index is 13.1. The first-order chi connectivity index (χ1) is 9.41. The van der Waals surface area contributed by atoms with Crippen molar-refractivity contribution in [3.63, 3.8) is 0 Å². The van der Waals surface area contributed by atoms with Gasteiger partial charge in [-0.05, 0) is 34.1 Å². The second-order valence-electron chi connectivity index (χ2n) is 3.43. The van der Waals surface area contributed by atoms with Crippen LogP contribution in [-0.2, 0) is 0 Å². The van der Waals surface area contributed by atoms with Crippen LogP contribution in [0.2, 0.25) is 10.2 Å². The minimum atomic E-state index is -0.629. The molecule has 0 saturated carbocycles. The molecule has 108 valence electrons. The number of ketones is 1. The summed E-state index contributed by atoms with van der Waals surface area (Å²) in [7, 11) is 0. The maximum absolute atomic E-state index is 13.1. The van der Waals surface area contributed by atoms with Crippen LogP contribution in [0.15, 0.2) is 22.7 Å². The van der Waals surface area contributed by atoms with E-state index < -0.39 is 11.6 Å². The number of rotatable bonds is 2. The standard InChI is InChI=1S/C11H5BrCl2FNO2.C2H6/c12-7-8(13)11(14)16-9(7)10(18)5-3-4(15)1-2-6(5)17;1-2/h1-3,16-17H;1-2H3. The predicted octanol–water partition coefficient (Wildman–Crippen LogP) is 5.19. The van der Waals surface area contributed by atoms with Gasteiger partial charge >= 0.3 is 0 Å². The Morgan fingerprint density at radius 3 is 2.45 bits per heavy atom. The van der Waals surface area contributed by atoms with Gasteiger partial charge in [-0.25, -0.2) is 4.39 Å². The van der Waals surface area contributed by atoms with Crippen molar-refractivity contribution < 1.29 is 14.3 Å². The largest absolute Gasteiger partial charge is 0.507 e. The normalized spacial score (nSPS) is 9.90. The lowest BCUT2D eigenvalue weighted by atomic mass is 10.1. The second kappa shape index (κ2) is 7.11. The van der Waals surface area contributed by atoms with Crippen LogP contribution in [-0.4, -0.2) is 15.9 Å². The molecule has 3 nitrogen and oxygen atoms in total. The highest BCUT2D eigenvalue weighted by molar-refractivity contribution is 9.10. The van der Waals surface area contributed by atoms with E-state index >= 15 is 0 Å². The van der Waals surface area contributed by atoms with Gasteiger partial charge in [0.05, 0.1) is 15.1 Å². The third kappa shape index (κ3) is 3.34. The molecule has 0 saturated heterocycles. The average Bonchev–Trinajstić information content (AvgIpc) is 2.70. The zero-order chi connectivity index (χ0) is 15.4. The Morgan fingerprint density at radius 2 is 1.95 bits per heavy atom. The van der Waals surface area contributed by atoms with Gasteiger partial charge in [0.2, 0.25) is 5.78 Å². The van der Waals surface area contributed by atoms with Gasteiger partial charge in [0, 0.05) is 0 Å². The van der Waals surface area contributed by atoms with E-state index in [0.29, 0.717) is 0 Å². The Hall–Kier alpha value is -1.04. The molecule has 2 aromatic rings. The lowest BCUT2D eigenvalue weighted by Crippen LogP contribution is -2.03. The number of benzene rings is 1. The fourth-order valence-corrected chi connectivity index (χ4v) is 2.33. The molecular formula is C13H11BrCl2FNO2. The van der Waals surface area contributed by atoms with E-state index in [1.807, 2.05) is 13.8 Å². The van der Waals surface area contributed by atoms with E-state index in [9.17, 15) is 14.3 Å². The fraction of sp³-hybridized carbons (Fsp3) is 0.154. The van der Waals surface area contributed by atoms with Crippen LogP contribution in [0.4, 0.5) is 4.39 Å². The van der Waals surface area contributed by atoms with Crippen LogP contribution in [0, 0.1) is 5.82 Å². The molecule has 0 aliphatic carbocycles. The lowest BCUT2D eigenvalue weighted by Gasteiger charge is -2.03. The van der Waals surface area contributed by atoms with E-state index in [4.69, 9.17) is 23.2 Å². The summed E-state index contributed by atoms with van der Waals surface area (Å²) >= 11 is 14.6. The number of hydrogen-bond acceptors (Lipinski definition) is 2. The van der Waals surface area contributed by atoms with Crippen molar-refractivity contribution in [3.05, 3.63) is 49.9 Å². The van der Waals surface area contributed by atoms with E-state index in [1.54, 1.807) is 0 Å². The molecule has 20 heavy (non-hydrogen) atoms. The van der Waals surface area contributed by atoms with Gasteiger partial charge < -0.3 is 10.1 Å². The molecule has 7 heteroatoms. The number of carbonyl (C=O) groups excluding carboxylic acids is 1. The van der Waals surface area contributed by atoms with E-state index in [1.165, 1.54) is 0 Å². The summed E-state index contributed by atoms with van der Waals surface area (Å²) in [5.41, 5.74) is -0.129. The summed E-state index contributed by atoms with van der Waals surface area (Å²) in [6, 6.07) is 3.09. The molecule has 0 fully saturated rings. The summed E-state index contributed by atoms with van der Waals surface area (Å²) in [6.45, 7) is 4.00. The second-order valence-corrected chi connectivity index (χ2v) is 4.98. The average molecular weight is 383 g/mol. The molecule has 0 spiro atoms.